The molecule has 20 heavy (non-hydrogen) atoms. The van der Waals surface area contributed by atoms with E-state index in [1.807, 2.05) is 13.0 Å². The van der Waals surface area contributed by atoms with Gasteiger partial charge in [-0.3, -0.25) is 9.47 Å². The Hall–Kier alpha value is -1.53. The van der Waals surface area contributed by atoms with Crippen molar-refractivity contribution in [1.29, 1.82) is 0 Å². The fraction of sp³-hybridized carbons (Fsp3) is 0.500. The highest BCUT2D eigenvalue weighted by atomic mass is 19.3. The molecule has 3 rings (SSSR count). The third-order valence-electron chi connectivity index (χ3n) is 3.89. The normalized spacial score (nSPS) is 18.8. The largest absolute Gasteiger partial charge is 0.320 e. The average molecular weight is 280 g/mol. The van der Waals surface area contributed by atoms with E-state index in [1.165, 1.54) is 0 Å². The first-order chi connectivity index (χ1) is 9.68. The second-order valence-electron chi connectivity index (χ2n) is 5.07. The van der Waals surface area contributed by atoms with Crippen molar-refractivity contribution in [2.45, 2.75) is 19.5 Å². The summed E-state index contributed by atoms with van der Waals surface area (Å²) in [6, 6.07) is 6.95. The molecule has 0 bridgehead atoms. The third kappa shape index (κ3) is 2.29. The zero-order valence-electron chi connectivity index (χ0n) is 11.4. The van der Waals surface area contributed by atoms with E-state index in [4.69, 9.17) is 0 Å². The summed E-state index contributed by atoms with van der Waals surface area (Å²) in [6.45, 7) is 2.87. The predicted octanol–water partition coefficient (Wildman–Crippen LogP) is 2.40. The van der Waals surface area contributed by atoms with Crippen LogP contribution in [0.1, 0.15) is 25.3 Å². The van der Waals surface area contributed by atoms with Crippen LogP contribution in [0, 0.1) is 0 Å². The molecular formula is C14H18F2N4. The Morgan fingerprint density at radius 2 is 1.90 bits per heavy atom. The van der Waals surface area contributed by atoms with Gasteiger partial charge in [0.05, 0.1) is 17.1 Å². The number of para-hydroxylation sites is 2. The molecule has 108 valence electrons. The number of hydrogen-bond donors (Lipinski definition) is 1. The lowest BCUT2D eigenvalue weighted by molar-refractivity contribution is 0.0636. The second kappa shape index (κ2) is 5.46. The van der Waals surface area contributed by atoms with E-state index in [0.29, 0.717) is 16.9 Å². The number of benzene rings is 1. The van der Waals surface area contributed by atoms with Crippen LogP contribution in [0.25, 0.3) is 11.0 Å². The number of aromatic nitrogens is 2. The number of imidazole rings is 1. The zero-order valence-corrected chi connectivity index (χ0v) is 11.4. The Bertz CT molecular complexity index is 590. The summed E-state index contributed by atoms with van der Waals surface area (Å²) >= 11 is 0. The van der Waals surface area contributed by atoms with Gasteiger partial charge in [-0.1, -0.05) is 12.1 Å². The molecule has 0 aliphatic carbocycles. The smallest absolute Gasteiger partial charge is 0.314 e. The highest BCUT2D eigenvalue weighted by Gasteiger charge is 2.26. The van der Waals surface area contributed by atoms with Crippen LogP contribution in [0.3, 0.4) is 0 Å². The highest BCUT2D eigenvalue weighted by Crippen LogP contribution is 2.29. The van der Waals surface area contributed by atoms with Crippen LogP contribution >= 0.6 is 0 Å². The summed E-state index contributed by atoms with van der Waals surface area (Å²) in [5.41, 5.74) is 1.13. The van der Waals surface area contributed by atoms with E-state index >= 15 is 0 Å². The van der Waals surface area contributed by atoms with Crippen LogP contribution in [0.15, 0.2) is 24.3 Å². The van der Waals surface area contributed by atoms with Gasteiger partial charge in [-0.2, -0.15) is 8.78 Å². The van der Waals surface area contributed by atoms with Crippen molar-refractivity contribution < 1.29 is 8.78 Å². The molecule has 1 aliphatic rings. The summed E-state index contributed by atoms with van der Waals surface area (Å²) in [6.07, 6.45) is 0. The van der Waals surface area contributed by atoms with Gasteiger partial charge >= 0.3 is 6.55 Å². The summed E-state index contributed by atoms with van der Waals surface area (Å²) in [4.78, 5) is 6.62. The minimum absolute atomic E-state index is 0.113. The van der Waals surface area contributed by atoms with Gasteiger partial charge in [-0.15, -0.1) is 0 Å². The average Bonchev–Trinajstić information content (AvgIpc) is 2.86. The maximum Gasteiger partial charge on any atom is 0.320 e. The van der Waals surface area contributed by atoms with Crippen LogP contribution in [-0.4, -0.2) is 40.6 Å². The minimum atomic E-state index is -2.57. The van der Waals surface area contributed by atoms with Gasteiger partial charge in [0.2, 0.25) is 0 Å². The number of halogens is 2. The molecule has 1 aliphatic heterocycles. The Labute approximate surface area is 116 Å². The van der Waals surface area contributed by atoms with Crippen molar-refractivity contribution in [3.8, 4) is 0 Å². The number of rotatable bonds is 3. The lowest BCUT2D eigenvalue weighted by Gasteiger charge is -2.32. The molecule has 0 saturated carbocycles. The van der Waals surface area contributed by atoms with Crippen molar-refractivity contribution in [2.24, 2.45) is 0 Å². The molecule has 2 aromatic rings. The van der Waals surface area contributed by atoms with E-state index in [0.717, 1.165) is 30.7 Å². The predicted molar refractivity (Wildman–Crippen MR) is 73.8 cm³/mol. The molecule has 4 nitrogen and oxygen atoms in total. The van der Waals surface area contributed by atoms with Crippen LogP contribution < -0.4 is 5.32 Å². The van der Waals surface area contributed by atoms with Crippen LogP contribution in [0.2, 0.25) is 0 Å². The standard InChI is InChI=1S/C14H18F2N4/c1-10(19-8-6-17-7-9-19)13-18-11-4-2-3-5-12(11)20(13)14(15)16/h2-5,10,14,17H,6-9H2,1H3. The molecule has 1 saturated heterocycles. The van der Waals surface area contributed by atoms with Gasteiger partial charge < -0.3 is 5.32 Å². The van der Waals surface area contributed by atoms with Crippen molar-refractivity contribution in [3.63, 3.8) is 0 Å². The van der Waals surface area contributed by atoms with Crippen molar-refractivity contribution in [2.75, 3.05) is 26.2 Å². The van der Waals surface area contributed by atoms with E-state index < -0.39 is 6.55 Å². The summed E-state index contributed by atoms with van der Waals surface area (Å²) in [5.74, 6) is 0.447. The molecule has 1 N–H and O–H groups in total. The van der Waals surface area contributed by atoms with Gasteiger partial charge in [-0.05, 0) is 19.1 Å². The fourth-order valence-electron chi connectivity index (χ4n) is 2.80. The molecule has 6 heteroatoms. The molecule has 1 aromatic carbocycles. The van der Waals surface area contributed by atoms with E-state index in [-0.39, 0.29) is 6.04 Å². The quantitative estimate of drug-likeness (QED) is 0.937. The number of nitrogens with one attached hydrogen (secondary N) is 1. The lowest BCUT2D eigenvalue weighted by Crippen LogP contribution is -2.45. The molecule has 0 spiro atoms. The van der Waals surface area contributed by atoms with Gasteiger partial charge in [0.15, 0.2) is 0 Å². The lowest BCUT2D eigenvalue weighted by atomic mass is 10.2. The van der Waals surface area contributed by atoms with Crippen molar-refractivity contribution in [1.82, 2.24) is 19.8 Å². The summed E-state index contributed by atoms with van der Waals surface area (Å²) in [7, 11) is 0. The zero-order chi connectivity index (χ0) is 14.1. The number of nitrogens with zero attached hydrogens (tertiary/aromatic N) is 3. The van der Waals surface area contributed by atoms with Gasteiger partial charge in [0.1, 0.15) is 5.82 Å². The molecule has 1 fully saturated rings. The highest BCUT2D eigenvalue weighted by molar-refractivity contribution is 5.76. The van der Waals surface area contributed by atoms with Crippen LogP contribution in [0.4, 0.5) is 8.78 Å². The second-order valence-corrected chi connectivity index (χ2v) is 5.07. The maximum absolute atomic E-state index is 13.4. The van der Waals surface area contributed by atoms with Crippen molar-refractivity contribution >= 4 is 11.0 Å². The Kier molecular flexibility index (Phi) is 3.67. The van der Waals surface area contributed by atoms with Gasteiger partial charge in [0.25, 0.3) is 0 Å². The van der Waals surface area contributed by atoms with E-state index in [9.17, 15) is 8.78 Å². The molecular weight excluding hydrogens is 262 g/mol. The Morgan fingerprint density at radius 3 is 2.60 bits per heavy atom. The molecule has 0 radical (unpaired) electrons. The number of piperazine rings is 1. The molecule has 1 aromatic heterocycles. The van der Waals surface area contributed by atoms with Crippen LogP contribution in [-0.2, 0) is 0 Å². The molecule has 1 unspecified atom stereocenters. The van der Waals surface area contributed by atoms with E-state index in [1.54, 1.807) is 18.2 Å². The summed E-state index contributed by atoms with van der Waals surface area (Å²) < 4.78 is 27.9. The molecule has 0 amide bonds. The fourth-order valence-corrected chi connectivity index (χ4v) is 2.80. The molecule has 1 atom stereocenters. The summed E-state index contributed by atoms with van der Waals surface area (Å²) in [5, 5.41) is 3.27. The minimum Gasteiger partial charge on any atom is -0.314 e. The third-order valence-corrected chi connectivity index (χ3v) is 3.89. The van der Waals surface area contributed by atoms with Crippen molar-refractivity contribution in [3.05, 3.63) is 30.1 Å². The Morgan fingerprint density at radius 1 is 1.20 bits per heavy atom. The van der Waals surface area contributed by atoms with Gasteiger partial charge in [-0.25, -0.2) is 4.98 Å². The number of hydrogen-bond acceptors (Lipinski definition) is 3. The first kappa shape index (κ1) is 13.5. The number of alkyl halides is 2. The SMILES string of the molecule is CC(c1nc2ccccc2n1C(F)F)N1CCNCC1. The monoisotopic (exact) mass is 280 g/mol. The topological polar surface area (TPSA) is 33.1 Å². The van der Waals surface area contributed by atoms with Crippen LogP contribution in [0.5, 0.6) is 0 Å². The maximum atomic E-state index is 13.4. The first-order valence-electron chi connectivity index (χ1n) is 6.88. The molecule has 2 heterocycles. The Balaban J connectivity index is 2.03. The van der Waals surface area contributed by atoms with Gasteiger partial charge in [0, 0.05) is 26.2 Å². The first-order valence-corrected chi connectivity index (χ1v) is 6.88. The van der Waals surface area contributed by atoms with E-state index in [2.05, 4.69) is 15.2 Å². The number of fused-ring (bicyclic) bond motifs is 1.